The standard InChI is InChI=1S/C13H19N5/c1-10-15-16-13(17(10)2)9-18-6-5-11(8-18)7-14-12-3-4-12/h5-6,8,12,14H,3-4,7,9H2,1-2H3. The molecule has 0 aliphatic heterocycles. The molecule has 0 atom stereocenters. The van der Waals surface area contributed by atoms with Crippen molar-refractivity contribution in [3.8, 4) is 0 Å². The van der Waals surface area contributed by atoms with E-state index >= 15 is 0 Å². The topological polar surface area (TPSA) is 47.7 Å². The molecule has 0 unspecified atom stereocenters. The Kier molecular flexibility index (Phi) is 2.91. The van der Waals surface area contributed by atoms with Crippen LogP contribution in [0.5, 0.6) is 0 Å². The summed E-state index contributed by atoms with van der Waals surface area (Å²) in [4.78, 5) is 0. The second-order valence-electron chi connectivity index (χ2n) is 5.07. The predicted molar refractivity (Wildman–Crippen MR) is 69.1 cm³/mol. The Morgan fingerprint density at radius 2 is 2.22 bits per heavy atom. The molecule has 3 rings (SSSR count). The smallest absolute Gasteiger partial charge is 0.152 e. The van der Waals surface area contributed by atoms with Gasteiger partial charge in [-0.25, -0.2) is 0 Å². The molecule has 18 heavy (non-hydrogen) atoms. The zero-order valence-electron chi connectivity index (χ0n) is 10.9. The summed E-state index contributed by atoms with van der Waals surface area (Å²) in [6.45, 7) is 3.72. The third-order valence-electron chi connectivity index (χ3n) is 3.49. The molecular weight excluding hydrogens is 226 g/mol. The van der Waals surface area contributed by atoms with Gasteiger partial charge in [0.2, 0.25) is 0 Å². The van der Waals surface area contributed by atoms with Crippen molar-refractivity contribution in [2.45, 2.75) is 38.9 Å². The highest BCUT2D eigenvalue weighted by Crippen LogP contribution is 2.19. The van der Waals surface area contributed by atoms with Crippen molar-refractivity contribution in [1.82, 2.24) is 24.6 Å². The number of aromatic nitrogens is 4. The van der Waals surface area contributed by atoms with Crippen LogP contribution in [0.2, 0.25) is 0 Å². The average molecular weight is 245 g/mol. The first kappa shape index (κ1) is 11.5. The Balaban J connectivity index is 1.63. The number of nitrogens with zero attached hydrogens (tertiary/aromatic N) is 4. The van der Waals surface area contributed by atoms with Gasteiger partial charge in [0.15, 0.2) is 5.82 Å². The van der Waals surface area contributed by atoms with Crippen LogP contribution in [0.1, 0.15) is 30.1 Å². The van der Waals surface area contributed by atoms with Gasteiger partial charge in [-0.05, 0) is 31.4 Å². The normalized spacial score (nSPS) is 15.2. The molecule has 2 aromatic heterocycles. The molecule has 5 heteroatoms. The summed E-state index contributed by atoms with van der Waals surface area (Å²) in [7, 11) is 2.00. The molecule has 0 bridgehead atoms. The maximum atomic E-state index is 4.18. The van der Waals surface area contributed by atoms with Gasteiger partial charge in [0.25, 0.3) is 0 Å². The summed E-state index contributed by atoms with van der Waals surface area (Å²) >= 11 is 0. The molecule has 1 fully saturated rings. The van der Waals surface area contributed by atoms with E-state index in [1.807, 2.05) is 18.5 Å². The summed E-state index contributed by atoms with van der Waals surface area (Å²) in [6, 6.07) is 2.92. The molecule has 1 aliphatic carbocycles. The second kappa shape index (κ2) is 4.57. The SMILES string of the molecule is Cc1nnc(Cn2ccc(CNC3CC3)c2)n1C. The zero-order valence-corrected chi connectivity index (χ0v) is 10.9. The fraction of sp³-hybridized carbons (Fsp3) is 0.538. The lowest BCUT2D eigenvalue weighted by Crippen LogP contribution is -2.14. The number of hydrogen-bond donors (Lipinski definition) is 1. The Morgan fingerprint density at radius 1 is 1.39 bits per heavy atom. The van der Waals surface area contributed by atoms with E-state index in [-0.39, 0.29) is 0 Å². The molecule has 0 radical (unpaired) electrons. The van der Waals surface area contributed by atoms with Crippen LogP contribution in [-0.2, 0) is 20.1 Å². The van der Waals surface area contributed by atoms with Gasteiger partial charge < -0.3 is 14.5 Å². The molecule has 1 aliphatic rings. The molecule has 96 valence electrons. The Morgan fingerprint density at radius 3 is 2.89 bits per heavy atom. The van der Waals surface area contributed by atoms with E-state index < -0.39 is 0 Å². The van der Waals surface area contributed by atoms with Gasteiger partial charge in [0.05, 0.1) is 6.54 Å². The van der Waals surface area contributed by atoms with Gasteiger partial charge >= 0.3 is 0 Å². The number of aryl methyl sites for hydroxylation is 1. The van der Waals surface area contributed by atoms with E-state index in [4.69, 9.17) is 0 Å². The highest BCUT2D eigenvalue weighted by atomic mass is 15.3. The van der Waals surface area contributed by atoms with Gasteiger partial charge in [0.1, 0.15) is 5.82 Å². The van der Waals surface area contributed by atoms with Crippen LogP contribution in [-0.4, -0.2) is 25.4 Å². The third-order valence-corrected chi connectivity index (χ3v) is 3.49. The van der Waals surface area contributed by atoms with Crippen molar-refractivity contribution in [3.05, 3.63) is 35.7 Å². The number of rotatable bonds is 5. The lowest BCUT2D eigenvalue weighted by molar-refractivity contribution is 0.674. The molecule has 2 aromatic rings. The first-order chi connectivity index (χ1) is 8.72. The van der Waals surface area contributed by atoms with E-state index in [2.05, 4.69) is 38.5 Å². The van der Waals surface area contributed by atoms with E-state index in [0.717, 1.165) is 30.8 Å². The van der Waals surface area contributed by atoms with Crippen LogP contribution in [0.3, 0.4) is 0 Å². The highest BCUT2D eigenvalue weighted by molar-refractivity contribution is 5.11. The predicted octanol–water partition coefficient (Wildman–Crippen LogP) is 1.23. The van der Waals surface area contributed by atoms with Crippen LogP contribution in [0.15, 0.2) is 18.5 Å². The minimum Gasteiger partial charge on any atom is -0.346 e. The lowest BCUT2D eigenvalue weighted by atomic mass is 10.3. The van der Waals surface area contributed by atoms with Crippen molar-refractivity contribution in [1.29, 1.82) is 0 Å². The quantitative estimate of drug-likeness (QED) is 0.861. The zero-order chi connectivity index (χ0) is 12.5. The van der Waals surface area contributed by atoms with Gasteiger partial charge in [-0.2, -0.15) is 0 Å². The monoisotopic (exact) mass is 245 g/mol. The number of nitrogens with one attached hydrogen (secondary N) is 1. The van der Waals surface area contributed by atoms with E-state index in [9.17, 15) is 0 Å². The van der Waals surface area contributed by atoms with Crippen molar-refractivity contribution in [2.75, 3.05) is 0 Å². The molecule has 0 spiro atoms. The minimum atomic E-state index is 0.759. The number of hydrogen-bond acceptors (Lipinski definition) is 3. The second-order valence-corrected chi connectivity index (χ2v) is 5.07. The summed E-state index contributed by atoms with van der Waals surface area (Å²) in [5, 5.41) is 11.8. The molecule has 1 saturated carbocycles. The fourth-order valence-corrected chi connectivity index (χ4v) is 2.00. The van der Waals surface area contributed by atoms with Crippen molar-refractivity contribution < 1.29 is 0 Å². The summed E-state index contributed by atoms with van der Waals surface area (Å²) < 4.78 is 4.19. The van der Waals surface area contributed by atoms with E-state index in [1.54, 1.807) is 0 Å². The molecular formula is C13H19N5. The van der Waals surface area contributed by atoms with E-state index in [1.165, 1.54) is 18.4 Å². The summed E-state index contributed by atoms with van der Waals surface area (Å²) in [5.41, 5.74) is 1.33. The summed E-state index contributed by atoms with van der Waals surface area (Å²) in [5.74, 6) is 1.94. The van der Waals surface area contributed by atoms with E-state index in [0.29, 0.717) is 0 Å². The maximum Gasteiger partial charge on any atom is 0.152 e. The van der Waals surface area contributed by atoms with Crippen LogP contribution in [0, 0.1) is 6.92 Å². The van der Waals surface area contributed by atoms with Gasteiger partial charge in [-0.15, -0.1) is 10.2 Å². The van der Waals surface area contributed by atoms with Crippen LogP contribution < -0.4 is 5.32 Å². The Bertz CT molecular complexity index is 535. The molecule has 1 N–H and O–H groups in total. The fourth-order valence-electron chi connectivity index (χ4n) is 2.00. The van der Waals surface area contributed by atoms with Crippen molar-refractivity contribution >= 4 is 0 Å². The molecule has 0 aromatic carbocycles. The Labute approximate surface area is 107 Å². The molecule has 2 heterocycles. The van der Waals surface area contributed by atoms with Crippen LogP contribution in [0.4, 0.5) is 0 Å². The van der Waals surface area contributed by atoms with Crippen molar-refractivity contribution in [2.24, 2.45) is 7.05 Å². The first-order valence-electron chi connectivity index (χ1n) is 6.45. The van der Waals surface area contributed by atoms with Crippen molar-refractivity contribution in [3.63, 3.8) is 0 Å². The van der Waals surface area contributed by atoms with Gasteiger partial charge in [-0.1, -0.05) is 0 Å². The molecule has 5 nitrogen and oxygen atoms in total. The van der Waals surface area contributed by atoms with Crippen LogP contribution in [0.25, 0.3) is 0 Å². The molecule has 0 saturated heterocycles. The average Bonchev–Trinajstić information content (AvgIpc) is 3.02. The Hall–Kier alpha value is -1.62. The summed E-state index contributed by atoms with van der Waals surface area (Å²) in [6.07, 6.45) is 6.95. The molecule has 0 amide bonds. The minimum absolute atomic E-state index is 0.759. The largest absolute Gasteiger partial charge is 0.346 e. The lowest BCUT2D eigenvalue weighted by Gasteiger charge is -2.03. The highest BCUT2D eigenvalue weighted by Gasteiger charge is 2.20. The third kappa shape index (κ3) is 2.46. The van der Waals surface area contributed by atoms with Gasteiger partial charge in [0, 0.05) is 32.0 Å². The van der Waals surface area contributed by atoms with Crippen LogP contribution >= 0.6 is 0 Å². The maximum absolute atomic E-state index is 4.18. The first-order valence-corrected chi connectivity index (χ1v) is 6.45. The van der Waals surface area contributed by atoms with Gasteiger partial charge in [-0.3, -0.25) is 0 Å².